The number of allylic oxidation sites excluding steroid dienone is 1. The van der Waals surface area contributed by atoms with Crippen LogP contribution in [0.5, 0.6) is 0 Å². The maximum atomic E-state index is 14.4. The van der Waals surface area contributed by atoms with Crippen molar-refractivity contribution in [1.29, 1.82) is 0 Å². The highest BCUT2D eigenvalue weighted by atomic mass is 28.4. The minimum absolute atomic E-state index is 0. The Morgan fingerprint density at radius 2 is 0.898 bits per heavy atom. The van der Waals surface area contributed by atoms with Gasteiger partial charge >= 0.3 is 8.80 Å². The van der Waals surface area contributed by atoms with Crippen molar-refractivity contribution in [2.45, 2.75) is 174 Å². The first-order valence-electron chi connectivity index (χ1n) is 22.7. The number of hydrogen-bond acceptors (Lipinski definition) is 3. The first kappa shape index (κ1) is 51.3. The minimum Gasteiger partial charge on any atom is -0.377 e. The van der Waals surface area contributed by atoms with Crippen LogP contribution < -0.4 is 0 Å². The fraction of sp³-hybridized carbons (Fsp3) is 0.720. The standard InChI is InChI=1S/C26H42F2O3Si.C23H32F2.CH4.FH/c1-19-8-17-24(26(28)25(19)27)23-15-13-22(14-16-23)21-11-9-20(10-12-21)7-5-6-18-32(29-2,30-3)31-4;1-3-4-5-17-7-9-18(10-8-17)19-11-13-20(14-12-19)21-15-6-16(2)22(24)23(21)25;;/h8,17,20-23H,5-7,9-16,18H2,1-4H3;3,6,15,17-20H,1,4-5,7-14H2,2H3;1H4;1H. The lowest BCUT2D eigenvalue weighted by Gasteiger charge is -2.38. The zero-order chi connectivity index (χ0) is 41.0. The molecule has 3 nitrogen and oxygen atoms in total. The lowest BCUT2D eigenvalue weighted by atomic mass is 9.68. The van der Waals surface area contributed by atoms with E-state index in [9.17, 15) is 17.6 Å². The Bertz CT molecular complexity index is 1510. The van der Waals surface area contributed by atoms with E-state index in [1.807, 2.05) is 18.2 Å². The third-order valence-electron chi connectivity index (χ3n) is 15.2. The molecule has 0 aliphatic heterocycles. The van der Waals surface area contributed by atoms with E-state index in [-0.39, 0.29) is 24.0 Å². The summed E-state index contributed by atoms with van der Waals surface area (Å²) in [6, 6.07) is 7.96. The first-order chi connectivity index (χ1) is 27.5. The summed E-state index contributed by atoms with van der Waals surface area (Å²) in [5, 5.41) is 0. The van der Waals surface area contributed by atoms with Gasteiger partial charge in [-0.05, 0) is 180 Å². The molecule has 0 spiro atoms. The van der Waals surface area contributed by atoms with Gasteiger partial charge in [-0.25, -0.2) is 17.6 Å². The Morgan fingerprint density at radius 3 is 1.25 bits per heavy atom. The molecule has 2 aromatic rings. The van der Waals surface area contributed by atoms with Gasteiger partial charge in [0.15, 0.2) is 23.3 Å². The lowest BCUT2D eigenvalue weighted by Crippen LogP contribution is -2.42. The zero-order valence-corrected chi connectivity index (χ0v) is 37.4. The molecule has 336 valence electrons. The second kappa shape index (κ2) is 25.1. The van der Waals surface area contributed by atoms with Gasteiger partial charge in [0.05, 0.1) is 0 Å². The molecule has 0 radical (unpaired) electrons. The van der Waals surface area contributed by atoms with E-state index in [1.54, 1.807) is 47.3 Å². The first-order valence-corrected chi connectivity index (χ1v) is 24.6. The van der Waals surface area contributed by atoms with Gasteiger partial charge in [0.2, 0.25) is 0 Å². The second-order valence-corrected chi connectivity index (χ2v) is 21.5. The highest BCUT2D eigenvalue weighted by molar-refractivity contribution is 6.60. The second-order valence-electron chi connectivity index (χ2n) is 18.4. The van der Waals surface area contributed by atoms with Crippen LogP contribution >= 0.6 is 0 Å². The molecule has 2 aromatic carbocycles. The predicted octanol–water partition coefficient (Wildman–Crippen LogP) is 15.5. The van der Waals surface area contributed by atoms with Crippen LogP contribution in [0.4, 0.5) is 22.3 Å². The molecule has 0 bridgehead atoms. The van der Waals surface area contributed by atoms with Crippen LogP contribution in [0.1, 0.15) is 176 Å². The molecule has 6 rings (SSSR count). The van der Waals surface area contributed by atoms with Gasteiger partial charge < -0.3 is 13.3 Å². The van der Waals surface area contributed by atoms with Crippen molar-refractivity contribution < 1.29 is 35.5 Å². The molecule has 0 N–H and O–H groups in total. The Labute approximate surface area is 356 Å². The lowest BCUT2D eigenvalue weighted by molar-refractivity contribution is 0.122. The van der Waals surface area contributed by atoms with Gasteiger partial charge in [0, 0.05) is 27.4 Å². The molecule has 4 saturated carbocycles. The van der Waals surface area contributed by atoms with Crippen molar-refractivity contribution in [3.63, 3.8) is 0 Å². The van der Waals surface area contributed by atoms with Crippen LogP contribution in [0.25, 0.3) is 0 Å². The van der Waals surface area contributed by atoms with Gasteiger partial charge in [0.25, 0.3) is 0 Å². The average Bonchev–Trinajstić information content (AvgIpc) is 3.25. The van der Waals surface area contributed by atoms with Crippen molar-refractivity contribution in [3.8, 4) is 0 Å². The smallest absolute Gasteiger partial charge is 0.377 e. The monoisotopic (exact) mass is 851 g/mol. The average molecular weight is 851 g/mol. The van der Waals surface area contributed by atoms with E-state index < -0.39 is 32.1 Å². The number of benzene rings is 2. The maximum Gasteiger partial charge on any atom is 0.500 e. The molecule has 4 aliphatic rings. The Balaban J connectivity index is 0.000000313. The van der Waals surface area contributed by atoms with Crippen LogP contribution in [0.2, 0.25) is 6.04 Å². The van der Waals surface area contributed by atoms with Gasteiger partial charge in [-0.15, -0.1) is 6.58 Å². The summed E-state index contributed by atoms with van der Waals surface area (Å²) < 4.78 is 73.1. The molecule has 4 aliphatic carbocycles. The number of rotatable bonds is 15. The quantitative estimate of drug-likeness (QED) is 0.0773. The molecule has 0 aromatic heterocycles. The van der Waals surface area contributed by atoms with Crippen LogP contribution in [0.3, 0.4) is 0 Å². The van der Waals surface area contributed by atoms with Crippen LogP contribution in [-0.4, -0.2) is 30.1 Å². The summed E-state index contributed by atoms with van der Waals surface area (Å²) in [5.41, 5.74) is 2.00. The minimum atomic E-state index is -2.42. The normalized spacial score (nSPS) is 27.4. The third kappa shape index (κ3) is 13.7. The largest absolute Gasteiger partial charge is 0.500 e. The van der Waals surface area contributed by atoms with Crippen LogP contribution in [0, 0.1) is 72.6 Å². The number of aryl methyl sites for hydroxylation is 2. The van der Waals surface area contributed by atoms with Gasteiger partial charge in [-0.2, -0.15) is 0 Å². The van der Waals surface area contributed by atoms with Crippen LogP contribution in [-0.2, 0) is 13.3 Å². The topological polar surface area (TPSA) is 27.7 Å². The third-order valence-corrected chi connectivity index (χ3v) is 18.0. The number of unbranched alkanes of at least 4 members (excludes halogenated alkanes) is 1. The van der Waals surface area contributed by atoms with E-state index in [1.165, 1.54) is 83.5 Å². The fourth-order valence-electron chi connectivity index (χ4n) is 11.3. The molecule has 4 fully saturated rings. The maximum absolute atomic E-state index is 14.4. The fourth-order valence-corrected chi connectivity index (χ4v) is 13.1. The van der Waals surface area contributed by atoms with Crippen molar-refractivity contribution in [1.82, 2.24) is 0 Å². The number of hydrogen-bond donors (Lipinski definition) is 0. The highest BCUT2D eigenvalue weighted by Crippen LogP contribution is 2.47. The summed E-state index contributed by atoms with van der Waals surface area (Å²) in [6.45, 7) is 7.09. The SMILES string of the molecule is C.C=CCCC1CCC(C2CCC(c3ccc(C)c(F)c3F)CC2)CC1.CO[Si](CCCCC1CCC(C2CCC(c3ccc(C)c(F)c3F)CC2)CC1)(OC)OC.F. The predicted molar refractivity (Wildman–Crippen MR) is 237 cm³/mol. The van der Waals surface area contributed by atoms with E-state index >= 15 is 0 Å². The van der Waals surface area contributed by atoms with Crippen LogP contribution in [0.15, 0.2) is 36.9 Å². The van der Waals surface area contributed by atoms with Crippen molar-refractivity contribution in [3.05, 3.63) is 82.4 Å². The Morgan fingerprint density at radius 1 is 0.542 bits per heavy atom. The summed E-state index contributed by atoms with van der Waals surface area (Å²) >= 11 is 0. The van der Waals surface area contributed by atoms with Crippen molar-refractivity contribution in [2.24, 2.45) is 35.5 Å². The van der Waals surface area contributed by atoms with E-state index in [0.29, 0.717) is 22.3 Å². The van der Waals surface area contributed by atoms with E-state index in [4.69, 9.17) is 13.3 Å². The van der Waals surface area contributed by atoms with E-state index in [2.05, 4.69) is 6.58 Å². The molecular weight excluding hydrogens is 772 g/mol. The van der Waals surface area contributed by atoms with Crippen molar-refractivity contribution >= 4 is 8.80 Å². The van der Waals surface area contributed by atoms with Gasteiger partial charge in [-0.1, -0.05) is 76.3 Å². The summed E-state index contributed by atoms with van der Waals surface area (Å²) in [6.07, 6.45) is 27.6. The Kier molecular flexibility index (Phi) is 21.8. The summed E-state index contributed by atoms with van der Waals surface area (Å²) in [4.78, 5) is 0. The molecule has 9 heteroatoms. The summed E-state index contributed by atoms with van der Waals surface area (Å²) in [5.74, 6) is 2.84. The molecule has 0 unspecified atom stereocenters. The molecule has 0 atom stereocenters. The van der Waals surface area contributed by atoms with Crippen molar-refractivity contribution in [2.75, 3.05) is 21.3 Å². The highest BCUT2D eigenvalue weighted by Gasteiger charge is 2.37. The molecule has 0 saturated heterocycles. The zero-order valence-electron chi connectivity index (χ0n) is 36.4. The molecule has 59 heavy (non-hydrogen) atoms. The number of halogens is 5. The molecule has 0 heterocycles. The Hall–Kier alpha value is -2.07. The van der Waals surface area contributed by atoms with Gasteiger partial charge in [0.1, 0.15) is 0 Å². The summed E-state index contributed by atoms with van der Waals surface area (Å²) in [7, 11) is 2.63. The van der Waals surface area contributed by atoms with Gasteiger partial charge in [-0.3, -0.25) is 4.70 Å². The molecular formula is C50H79F5O3Si. The van der Waals surface area contributed by atoms with E-state index in [0.717, 1.165) is 92.9 Å². The molecule has 0 amide bonds.